The largest absolute Gasteiger partial charge is 0.389 e. The minimum atomic E-state index is -0.700. The molecule has 1 fully saturated rings. The first-order valence-electron chi connectivity index (χ1n) is 6.42. The van der Waals surface area contributed by atoms with Gasteiger partial charge in [-0.2, -0.15) is 0 Å². The SMILES string of the molecule is CC1(CCl)CCC(Cc2ccc(Cl)cc2)C1(C)O. The third kappa shape index (κ3) is 2.41. The molecule has 0 bridgehead atoms. The average molecular weight is 287 g/mol. The van der Waals surface area contributed by atoms with Crippen molar-refractivity contribution < 1.29 is 5.11 Å². The van der Waals surface area contributed by atoms with Gasteiger partial charge in [-0.1, -0.05) is 30.7 Å². The summed E-state index contributed by atoms with van der Waals surface area (Å²) in [6.07, 6.45) is 2.90. The standard InChI is InChI=1S/C15H20Cl2O/c1-14(10-16)8-7-12(15(14,2)18)9-11-3-5-13(17)6-4-11/h3-6,12,18H,7-10H2,1-2H3. The van der Waals surface area contributed by atoms with Crippen molar-refractivity contribution in [2.24, 2.45) is 11.3 Å². The Kier molecular flexibility index (Phi) is 3.96. The summed E-state index contributed by atoms with van der Waals surface area (Å²) in [7, 11) is 0. The van der Waals surface area contributed by atoms with Crippen LogP contribution in [0.2, 0.25) is 5.02 Å². The topological polar surface area (TPSA) is 20.2 Å². The Morgan fingerprint density at radius 1 is 1.28 bits per heavy atom. The molecule has 1 N–H and O–H groups in total. The molecule has 1 aromatic rings. The van der Waals surface area contributed by atoms with Crippen molar-refractivity contribution in [3.63, 3.8) is 0 Å². The van der Waals surface area contributed by atoms with Gasteiger partial charge in [0, 0.05) is 16.3 Å². The monoisotopic (exact) mass is 286 g/mol. The number of rotatable bonds is 3. The highest BCUT2D eigenvalue weighted by Crippen LogP contribution is 2.51. The van der Waals surface area contributed by atoms with Crippen molar-refractivity contribution in [3.8, 4) is 0 Å². The summed E-state index contributed by atoms with van der Waals surface area (Å²) in [5.41, 5.74) is 0.350. The van der Waals surface area contributed by atoms with Crippen LogP contribution in [0.15, 0.2) is 24.3 Å². The summed E-state index contributed by atoms with van der Waals surface area (Å²) < 4.78 is 0. The van der Waals surface area contributed by atoms with Gasteiger partial charge in [-0.05, 0) is 49.8 Å². The summed E-state index contributed by atoms with van der Waals surface area (Å²) in [6, 6.07) is 7.88. The minimum Gasteiger partial charge on any atom is -0.389 e. The second-order valence-electron chi connectivity index (χ2n) is 5.91. The molecule has 1 aliphatic carbocycles. The summed E-state index contributed by atoms with van der Waals surface area (Å²) in [5.74, 6) is 0.777. The number of alkyl halides is 1. The maximum atomic E-state index is 10.8. The molecule has 0 spiro atoms. The third-order valence-corrected chi connectivity index (χ3v) is 5.59. The molecule has 0 saturated heterocycles. The van der Waals surface area contributed by atoms with Gasteiger partial charge in [-0.3, -0.25) is 0 Å². The Morgan fingerprint density at radius 3 is 2.39 bits per heavy atom. The maximum Gasteiger partial charge on any atom is 0.0715 e. The van der Waals surface area contributed by atoms with Crippen LogP contribution in [0, 0.1) is 11.3 Å². The Bertz CT molecular complexity index is 413. The quantitative estimate of drug-likeness (QED) is 0.822. The fraction of sp³-hybridized carbons (Fsp3) is 0.600. The summed E-state index contributed by atoms with van der Waals surface area (Å²) >= 11 is 11.9. The van der Waals surface area contributed by atoms with Crippen molar-refractivity contribution in [2.75, 3.05) is 5.88 Å². The van der Waals surface area contributed by atoms with E-state index in [1.54, 1.807) is 0 Å². The highest BCUT2D eigenvalue weighted by Gasteiger charge is 2.52. The van der Waals surface area contributed by atoms with Gasteiger partial charge in [0.15, 0.2) is 0 Å². The molecule has 0 amide bonds. The lowest BCUT2D eigenvalue weighted by Crippen LogP contribution is -2.45. The van der Waals surface area contributed by atoms with E-state index in [1.807, 2.05) is 31.2 Å². The van der Waals surface area contributed by atoms with Crippen molar-refractivity contribution in [1.29, 1.82) is 0 Å². The van der Waals surface area contributed by atoms with Gasteiger partial charge in [-0.15, -0.1) is 11.6 Å². The second kappa shape index (κ2) is 5.03. The van der Waals surface area contributed by atoms with Crippen molar-refractivity contribution in [1.82, 2.24) is 0 Å². The average Bonchev–Trinajstić information content (AvgIpc) is 2.56. The van der Waals surface area contributed by atoms with Crippen LogP contribution in [-0.2, 0) is 6.42 Å². The molecular formula is C15H20Cl2O. The van der Waals surface area contributed by atoms with Gasteiger partial charge in [0.05, 0.1) is 5.60 Å². The van der Waals surface area contributed by atoms with Crippen LogP contribution in [0.25, 0.3) is 0 Å². The van der Waals surface area contributed by atoms with Gasteiger partial charge in [0.1, 0.15) is 0 Å². The first-order chi connectivity index (χ1) is 8.39. The highest BCUT2D eigenvalue weighted by atomic mass is 35.5. The van der Waals surface area contributed by atoms with E-state index in [1.165, 1.54) is 5.56 Å². The molecule has 1 saturated carbocycles. The molecule has 100 valence electrons. The number of aliphatic hydroxyl groups is 1. The van der Waals surface area contributed by atoms with Gasteiger partial charge in [0.2, 0.25) is 0 Å². The van der Waals surface area contributed by atoms with Crippen LogP contribution in [0.3, 0.4) is 0 Å². The van der Waals surface area contributed by atoms with E-state index in [4.69, 9.17) is 23.2 Å². The van der Waals surface area contributed by atoms with Crippen molar-refractivity contribution in [3.05, 3.63) is 34.9 Å². The van der Waals surface area contributed by atoms with E-state index in [0.717, 1.165) is 24.3 Å². The molecule has 0 aromatic heterocycles. The van der Waals surface area contributed by atoms with Crippen molar-refractivity contribution >= 4 is 23.2 Å². The van der Waals surface area contributed by atoms with E-state index in [0.29, 0.717) is 5.88 Å². The van der Waals surface area contributed by atoms with Gasteiger partial charge < -0.3 is 5.11 Å². The number of benzene rings is 1. The van der Waals surface area contributed by atoms with Crippen LogP contribution < -0.4 is 0 Å². The van der Waals surface area contributed by atoms with Crippen LogP contribution >= 0.6 is 23.2 Å². The molecule has 3 heteroatoms. The van der Waals surface area contributed by atoms with Crippen molar-refractivity contribution in [2.45, 2.75) is 38.7 Å². The molecule has 2 rings (SSSR count). The molecule has 0 aliphatic heterocycles. The normalized spacial score (nSPS) is 35.9. The summed E-state index contributed by atoms with van der Waals surface area (Å²) in [6.45, 7) is 4.02. The maximum absolute atomic E-state index is 10.8. The van der Waals surface area contributed by atoms with E-state index < -0.39 is 5.60 Å². The molecule has 3 atom stereocenters. The van der Waals surface area contributed by atoms with Crippen LogP contribution in [0.1, 0.15) is 32.3 Å². The van der Waals surface area contributed by atoms with Gasteiger partial charge in [0.25, 0.3) is 0 Å². The third-order valence-electron chi connectivity index (χ3n) is 4.75. The molecular weight excluding hydrogens is 267 g/mol. The zero-order valence-corrected chi connectivity index (χ0v) is 12.4. The Hall–Kier alpha value is -0.240. The van der Waals surface area contributed by atoms with Gasteiger partial charge >= 0.3 is 0 Å². The lowest BCUT2D eigenvalue weighted by molar-refractivity contribution is -0.0571. The Morgan fingerprint density at radius 2 is 1.89 bits per heavy atom. The molecule has 3 unspecified atom stereocenters. The zero-order chi connectivity index (χ0) is 13.4. The summed E-state index contributed by atoms with van der Waals surface area (Å²) in [5, 5.41) is 11.5. The first-order valence-corrected chi connectivity index (χ1v) is 7.33. The lowest BCUT2D eigenvalue weighted by Gasteiger charge is -2.39. The Balaban J connectivity index is 2.14. The second-order valence-corrected chi connectivity index (χ2v) is 6.61. The number of hydrogen-bond acceptors (Lipinski definition) is 1. The van der Waals surface area contributed by atoms with Crippen LogP contribution in [0.4, 0.5) is 0 Å². The predicted octanol–water partition coefficient (Wildman–Crippen LogP) is 4.29. The molecule has 1 aromatic carbocycles. The smallest absolute Gasteiger partial charge is 0.0715 e. The molecule has 1 nitrogen and oxygen atoms in total. The fourth-order valence-corrected chi connectivity index (χ4v) is 3.46. The predicted molar refractivity (Wildman–Crippen MR) is 77.3 cm³/mol. The number of halogens is 2. The van der Waals surface area contributed by atoms with E-state index in [-0.39, 0.29) is 11.3 Å². The fourth-order valence-electron chi connectivity index (χ4n) is 2.93. The summed E-state index contributed by atoms with van der Waals surface area (Å²) in [4.78, 5) is 0. The first kappa shape index (κ1) is 14.2. The van der Waals surface area contributed by atoms with E-state index >= 15 is 0 Å². The Labute approximate surface area is 119 Å². The molecule has 0 heterocycles. The van der Waals surface area contributed by atoms with Gasteiger partial charge in [-0.25, -0.2) is 0 Å². The lowest BCUT2D eigenvalue weighted by atomic mass is 9.74. The van der Waals surface area contributed by atoms with E-state index in [2.05, 4.69) is 6.92 Å². The number of hydrogen-bond donors (Lipinski definition) is 1. The van der Waals surface area contributed by atoms with Crippen LogP contribution in [-0.4, -0.2) is 16.6 Å². The molecule has 1 aliphatic rings. The van der Waals surface area contributed by atoms with E-state index in [9.17, 15) is 5.11 Å². The highest BCUT2D eigenvalue weighted by molar-refractivity contribution is 6.30. The zero-order valence-electron chi connectivity index (χ0n) is 10.9. The molecule has 0 radical (unpaired) electrons. The molecule has 18 heavy (non-hydrogen) atoms. The minimum absolute atomic E-state index is 0.175. The van der Waals surface area contributed by atoms with Crippen LogP contribution in [0.5, 0.6) is 0 Å².